The highest BCUT2D eigenvalue weighted by Gasteiger charge is 2.27. The molecular weight excluding hydrogens is 292 g/mol. The predicted molar refractivity (Wildman–Crippen MR) is 86.5 cm³/mol. The third-order valence-electron chi connectivity index (χ3n) is 3.89. The number of aromatic nitrogens is 3. The van der Waals surface area contributed by atoms with Crippen molar-refractivity contribution < 1.29 is 4.79 Å². The van der Waals surface area contributed by atoms with E-state index in [4.69, 9.17) is 0 Å². The molecule has 4 rings (SSSR count). The summed E-state index contributed by atoms with van der Waals surface area (Å²) in [4.78, 5) is 33.4. The van der Waals surface area contributed by atoms with Crippen LogP contribution in [0.25, 0.3) is 11.0 Å². The number of nitrogens with one attached hydrogen (secondary N) is 1. The highest BCUT2D eigenvalue weighted by molar-refractivity contribution is 6.05. The molecule has 0 unspecified atom stereocenters. The first-order valence-corrected chi connectivity index (χ1v) is 7.45. The smallest absolute Gasteiger partial charge is 0.261 e. The highest BCUT2D eigenvalue weighted by atomic mass is 16.2. The molecule has 3 aromatic rings. The third kappa shape index (κ3) is 2.48. The van der Waals surface area contributed by atoms with E-state index in [1.54, 1.807) is 49.1 Å². The van der Waals surface area contributed by atoms with Crippen LogP contribution in [-0.2, 0) is 0 Å². The van der Waals surface area contributed by atoms with E-state index in [0.717, 1.165) is 12.8 Å². The average molecular weight is 306 g/mol. The lowest BCUT2D eigenvalue weighted by Crippen LogP contribution is -2.24. The molecule has 0 bridgehead atoms. The second kappa shape index (κ2) is 5.31. The van der Waals surface area contributed by atoms with E-state index >= 15 is 0 Å². The van der Waals surface area contributed by atoms with Gasteiger partial charge in [0.25, 0.3) is 5.91 Å². The lowest BCUT2D eigenvalue weighted by atomic mass is 10.1. The van der Waals surface area contributed by atoms with Crippen LogP contribution in [-0.4, -0.2) is 20.4 Å². The van der Waals surface area contributed by atoms with Crippen LogP contribution >= 0.6 is 0 Å². The fraction of sp³-hybridized carbons (Fsp3) is 0.176. The average Bonchev–Trinajstić information content (AvgIpc) is 3.41. The molecule has 0 saturated heterocycles. The molecule has 0 aromatic carbocycles. The minimum Gasteiger partial charge on any atom is -0.328 e. The summed E-state index contributed by atoms with van der Waals surface area (Å²) in [7, 11) is 0. The minimum absolute atomic E-state index is 0.126. The normalized spacial score (nSPS) is 13.9. The van der Waals surface area contributed by atoms with E-state index in [2.05, 4.69) is 15.3 Å². The van der Waals surface area contributed by atoms with Gasteiger partial charge < -0.3 is 9.88 Å². The summed E-state index contributed by atoms with van der Waals surface area (Å²) in [6.07, 6.45) is 8.53. The summed E-state index contributed by atoms with van der Waals surface area (Å²) in [6.45, 7) is 0. The lowest BCUT2D eigenvalue weighted by molar-refractivity contribution is 0.102. The summed E-state index contributed by atoms with van der Waals surface area (Å²) in [5.41, 5.74) is 1.02. The quantitative estimate of drug-likeness (QED) is 0.806. The fourth-order valence-electron chi connectivity index (χ4n) is 2.61. The van der Waals surface area contributed by atoms with Crippen LogP contribution in [0.3, 0.4) is 0 Å². The first kappa shape index (κ1) is 13.6. The number of hydrogen-bond donors (Lipinski definition) is 1. The molecular formula is C17H14N4O2. The van der Waals surface area contributed by atoms with Crippen molar-refractivity contribution in [1.29, 1.82) is 0 Å². The maximum absolute atomic E-state index is 12.6. The largest absolute Gasteiger partial charge is 0.328 e. The van der Waals surface area contributed by atoms with Gasteiger partial charge in [0.2, 0.25) is 5.43 Å². The molecule has 1 saturated carbocycles. The van der Waals surface area contributed by atoms with Crippen molar-refractivity contribution in [1.82, 2.24) is 14.5 Å². The van der Waals surface area contributed by atoms with Crippen LogP contribution in [0.1, 0.15) is 29.2 Å². The van der Waals surface area contributed by atoms with Gasteiger partial charge in [0.15, 0.2) is 0 Å². The number of pyridine rings is 3. The number of carbonyl (C=O) groups excluding carboxylic acids is 1. The standard InChI is InChI=1S/C17H14N4O2/c22-15-13-4-2-8-19-16(13)21(12-5-6-12)10-14(15)17(23)20-11-3-1-7-18-9-11/h1-4,7-10,12H,5-6H2,(H,20,23). The molecule has 6 nitrogen and oxygen atoms in total. The number of fused-ring (bicyclic) bond motifs is 1. The zero-order valence-corrected chi connectivity index (χ0v) is 12.3. The second-order valence-corrected chi connectivity index (χ2v) is 5.58. The predicted octanol–water partition coefficient (Wildman–Crippen LogP) is 2.38. The molecule has 0 aliphatic heterocycles. The topological polar surface area (TPSA) is 76.9 Å². The van der Waals surface area contributed by atoms with Gasteiger partial charge in [-0.05, 0) is 37.1 Å². The molecule has 3 heterocycles. The Hall–Kier alpha value is -3.02. The Kier molecular flexibility index (Phi) is 3.15. The fourth-order valence-corrected chi connectivity index (χ4v) is 2.61. The van der Waals surface area contributed by atoms with Gasteiger partial charge in [-0.2, -0.15) is 0 Å². The van der Waals surface area contributed by atoms with E-state index in [0.29, 0.717) is 22.8 Å². The maximum atomic E-state index is 12.6. The molecule has 1 fully saturated rings. The number of nitrogens with zero attached hydrogens (tertiary/aromatic N) is 3. The third-order valence-corrected chi connectivity index (χ3v) is 3.89. The Bertz CT molecular complexity index is 946. The first-order valence-electron chi connectivity index (χ1n) is 7.45. The lowest BCUT2D eigenvalue weighted by Gasteiger charge is -2.11. The zero-order chi connectivity index (χ0) is 15.8. The van der Waals surface area contributed by atoms with Crippen LogP contribution in [0.5, 0.6) is 0 Å². The van der Waals surface area contributed by atoms with Gasteiger partial charge >= 0.3 is 0 Å². The van der Waals surface area contributed by atoms with E-state index in [-0.39, 0.29) is 11.0 Å². The summed E-state index contributed by atoms with van der Waals surface area (Å²) in [5.74, 6) is -0.428. The molecule has 6 heteroatoms. The zero-order valence-electron chi connectivity index (χ0n) is 12.3. The molecule has 1 aliphatic carbocycles. The molecule has 3 aromatic heterocycles. The summed E-state index contributed by atoms with van der Waals surface area (Å²) < 4.78 is 1.94. The van der Waals surface area contributed by atoms with Crippen LogP contribution < -0.4 is 10.7 Å². The number of carbonyl (C=O) groups is 1. The van der Waals surface area contributed by atoms with Gasteiger partial charge in [0.05, 0.1) is 17.3 Å². The van der Waals surface area contributed by atoms with Gasteiger partial charge in [0.1, 0.15) is 11.2 Å². The Morgan fingerprint density at radius 2 is 2.04 bits per heavy atom. The summed E-state index contributed by atoms with van der Waals surface area (Å²) in [5, 5.41) is 3.19. The molecule has 0 radical (unpaired) electrons. The van der Waals surface area contributed by atoms with E-state index in [1.165, 1.54) is 0 Å². The minimum atomic E-state index is -0.428. The summed E-state index contributed by atoms with van der Waals surface area (Å²) >= 11 is 0. The van der Waals surface area contributed by atoms with Crippen molar-refractivity contribution >= 4 is 22.6 Å². The molecule has 23 heavy (non-hydrogen) atoms. The molecule has 114 valence electrons. The van der Waals surface area contributed by atoms with E-state index in [1.807, 2.05) is 4.57 Å². The van der Waals surface area contributed by atoms with E-state index < -0.39 is 5.91 Å². The Morgan fingerprint density at radius 1 is 1.22 bits per heavy atom. The number of rotatable bonds is 3. The molecule has 0 atom stereocenters. The second-order valence-electron chi connectivity index (χ2n) is 5.58. The van der Waals surface area contributed by atoms with Crippen LogP contribution in [0.4, 0.5) is 5.69 Å². The van der Waals surface area contributed by atoms with Crippen molar-refractivity contribution in [3.63, 3.8) is 0 Å². The Labute approximate surface area is 131 Å². The Balaban J connectivity index is 1.82. The summed E-state index contributed by atoms with van der Waals surface area (Å²) in [6, 6.07) is 7.20. The number of hydrogen-bond acceptors (Lipinski definition) is 4. The van der Waals surface area contributed by atoms with Crippen molar-refractivity contribution in [2.75, 3.05) is 5.32 Å². The van der Waals surface area contributed by atoms with Crippen LogP contribution in [0.15, 0.2) is 53.8 Å². The van der Waals surface area contributed by atoms with E-state index in [9.17, 15) is 9.59 Å². The SMILES string of the molecule is O=C(Nc1cccnc1)c1cn(C2CC2)c2ncccc2c1=O. The monoisotopic (exact) mass is 306 g/mol. The van der Waals surface area contributed by atoms with Crippen molar-refractivity contribution in [2.45, 2.75) is 18.9 Å². The molecule has 0 spiro atoms. The van der Waals surface area contributed by atoms with Crippen molar-refractivity contribution in [2.24, 2.45) is 0 Å². The van der Waals surface area contributed by atoms with Gasteiger partial charge in [-0.3, -0.25) is 14.6 Å². The van der Waals surface area contributed by atoms with Gasteiger partial charge in [-0.25, -0.2) is 4.98 Å². The highest BCUT2D eigenvalue weighted by Crippen LogP contribution is 2.36. The van der Waals surface area contributed by atoms with Crippen molar-refractivity contribution in [3.05, 3.63) is 64.8 Å². The molecule has 1 N–H and O–H groups in total. The van der Waals surface area contributed by atoms with Gasteiger partial charge in [-0.15, -0.1) is 0 Å². The molecule has 1 amide bonds. The Morgan fingerprint density at radius 3 is 2.78 bits per heavy atom. The molecule has 1 aliphatic rings. The van der Waals surface area contributed by atoms with Gasteiger partial charge in [0, 0.05) is 24.6 Å². The van der Waals surface area contributed by atoms with Crippen molar-refractivity contribution in [3.8, 4) is 0 Å². The first-order chi connectivity index (χ1) is 11.2. The number of anilines is 1. The van der Waals surface area contributed by atoms with Crippen LogP contribution in [0.2, 0.25) is 0 Å². The maximum Gasteiger partial charge on any atom is 0.261 e. The van der Waals surface area contributed by atoms with Crippen LogP contribution in [0, 0.1) is 0 Å². The number of amides is 1. The van der Waals surface area contributed by atoms with Gasteiger partial charge in [-0.1, -0.05) is 0 Å².